The summed E-state index contributed by atoms with van der Waals surface area (Å²) in [4.78, 5) is 23.5. The second kappa shape index (κ2) is 7.65. The highest BCUT2D eigenvalue weighted by atomic mass is 19.4. The number of aromatic nitrogens is 3. The van der Waals surface area contributed by atoms with E-state index in [2.05, 4.69) is 25.0 Å². The van der Waals surface area contributed by atoms with Crippen molar-refractivity contribution in [2.45, 2.75) is 25.6 Å². The van der Waals surface area contributed by atoms with Gasteiger partial charge in [-0.25, -0.2) is 4.98 Å². The Labute approximate surface area is 152 Å². The van der Waals surface area contributed by atoms with E-state index >= 15 is 0 Å². The Kier molecular flexibility index (Phi) is 5.29. The maximum absolute atomic E-state index is 12.3. The van der Waals surface area contributed by atoms with Gasteiger partial charge < -0.3 is 15.0 Å². The topological polar surface area (TPSA) is 79.9 Å². The van der Waals surface area contributed by atoms with Crippen molar-refractivity contribution < 1.29 is 22.7 Å². The third-order valence-electron chi connectivity index (χ3n) is 3.87. The lowest BCUT2D eigenvalue weighted by Crippen LogP contribution is -2.28. The lowest BCUT2D eigenvalue weighted by Gasteiger charge is -2.14. The highest BCUT2D eigenvalue weighted by molar-refractivity contribution is 5.87. The van der Waals surface area contributed by atoms with Crippen molar-refractivity contribution in [3.05, 3.63) is 54.1 Å². The molecule has 0 aromatic carbocycles. The van der Waals surface area contributed by atoms with Crippen molar-refractivity contribution in [1.82, 2.24) is 20.3 Å². The van der Waals surface area contributed by atoms with Crippen molar-refractivity contribution in [1.29, 1.82) is 0 Å². The zero-order valence-corrected chi connectivity index (χ0v) is 14.4. The molecular formula is C18H17F3N4O2. The number of H-pyrrole nitrogens is 1. The van der Waals surface area contributed by atoms with E-state index in [1.807, 2.05) is 6.07 Å². The van der Waals surface area contributed by atoms with Crippen LogP contribution in [-0.4, -0.2) is 33.6 Å². The monoisotopic (exact) mass is 378 g/mol. The molecule has 2 N–H and O–H groups in total. The van der Waals surface area contributed by atoms with Gasteiger partial charge in [-0.05, 0) is 36.8 Å². The van der Waals surface area contributed by atoms with Crippen LogP contribution in [0, 0.1) is 0 Å². The van der Waals surface area contributed by atoms with Gasteiger partial charge in [-0.3, -0.25) is 9.78 Å². The van der Waals surface area contributed by atoms with Gasteiger partial charge >= 0.3 is 6.18 Å². The largest absolute Gasteiger partial charge is 0.483 e. The number of carbonyl (C=O) groups is 1. The maximum atomic E-state index is 12.3. The highest BCUT2D eigenvalue weighted by Crippen LogP contribution is 2.20. The number of nitrogens with zero attached hydrogens (tertiary/aromatic N) is 2. The minimum absolute atomic E-state index is 0.0147. The Morgan fingerprint density at radius 1 is 1.30 bits per heavy atom. The SMILES string of the molecule is CC(NC(=O)Cc1c[nH]c2ncccc12)c1ccc(OCC(F)(F)F)cn1. The molecule has 0 radical (unpaired) electrons. The summed E-state index contributed by atoms with van der Waals surface area (Å²) in [5.74, 6) is -0.188. The number of hydrogen-bond acceptors (Lipinski definition) is 4. The van der Waals surface area contributed by atoms with Gasteiger partial charge in [0.2, 0.25) is 5.91 Å². The molecule has 1 unspecified atom stereocenters. The molecule has 0 bridgehead atoms. The first kappa shape index (κ1) is 18.7. The molecule has 3 rings (SSSR count). The minimum atomic E-state index is -4.40. The van der Waals surface area contributed by atoms with E-state index in [-0.39, 0.29) is 18.1 Å². The predicted octanol–water partition coefficient (Wildman–Crippen LogP) is 3.32. The van der Waals surface area contributed by atoms with Gasteiger partial charge in [-0.15, -0.1) is 0 Å². The molecule has 27 heavy (non-hydrogen) atoms. The fourth-order valence-corrected chi connectivity index (χ4v) is 2.60. The number of amides is 1. The summed E-state index contributed by atoms with van der Waals surface area (Å²) in [5, 5.41) is 3.70. The summed E-state index contributed by atoms with van der Waals surface area (Å²) in [7, 11) is 0. The molecule has 3 aromatic heterocycles. The zero-order chi connectivity index (χ0) is 19.4. The van der Waals surface area contributed by atoms with Crippen molar-refractivity contribution in [3.63, 3.8) is 0 Å². The molecule has 3 aromatic rings. The molecule has 0 aliphatic carbocycles. The van der Waals surface area contributed by atoms with Crippen molar-refractivity contribution >= 4 is 16.9 Å². The Balaban J connectivity index is 1.58. The van der Waals surface area contributed by atoms with Crippen LogP contribution in [0.4, 0.5) is 13.2 Å². The Morgan fingerprint density at radius 3 is 2.81 bits per heavy atom. The van der Waals surface area contributed by atoms with Crippen LogP contribution >= 0.6 is 0 Å². The summed E-state index contributed by atoms with van der Waals surface area (Å²) >= 11 is 0. The Morgan fingerprint density at radius 2 is 2.11 bits per heavy atom. The number of halogens is 3. The first-order valence-corrected chi connectivity index (χ1v) is 8.17. The second-order valence-corrected chi connectivity index (χ2v) is 6.00. The highest BCUT2D eigenvalue weighted by Gasteiger charge is 2.28. The smallest absolute Gasteiger partial charge is 0.422 e. The molecule has 0 fully saturated rings. The van der Waals surface area contributed by atoms with Gasteiger partial charge in [0.1, 0.15) is 11.4 Å². The Bertz CT molecular complexity index is 922. The number of pyridine rings is 2. The van der Waals surface area contributed by atoms with Crippen LogP contribution in [0.2, 0.25) is 0 Å². The van der Waals surface area contributed by atoms with E-state index in [4.69, 9.17) is 0 Å². The summed E-state index contributed by atoms with van der Waals surface area (Å²) in [5.41, 5.74) is 2.06. The quantitative estimate of drug-likeness (QED) is 0.690. The number of ether oxygens (including phenoxy) is 1. The first-order chi connectivity index (χ1) is 12.8. The van der Waals surface area contributed by atoms with Crippen molar-refractivity contribution in [2.75, 3.05) is 6.61 Å². The van der Waals surface area contributed by atoms with E-state index < -0.39 is 18.8 Å². The Hall–Kier alpha value is -3.10. The molecule has 1 atom stereocenters. The molecule has 3 heterocycles. The molecule has 142 valence electrons. The molecule has 0 aliphatic rings. The first-order valence-electron chi connectivity index (χ1n) is 8.17. The van der Waals surface area contributed by atoms with E-state index in [1.54, 1.807) is 25.4 Å². The average Bonchev–Trinajstić information content (AvgIpc) is 3.03. The van der Waals surface area contributed by atoms with E-state index in [0.29, 0.717) is 11.3 Å². The van der Waals surface area contributed by atoms with Crippen LogP contribution in [0.15, 0.2) is 42.9 Å². The van der Waals surface area contributed by atoms with Gasteiger partial charge in [-0.2, -0.15) is 13.2 Å². The minimum Gasteiger partial charge on any atom is -0.483 e. The van der Waals surface area contributed by atoms with Gasteiger partial charge in [0.15, 0.2) is 6.61 Å². The van der Waals surface area contributed by atoms with Crippen LogP contribution in [0.5, 0.6) is 5.75 Å². The van der Waals surface area contributed by atoms with Crippen LogP contribution in [-0.2, 0) is 11.2 Å². The number of alkyl halides is 3. The number of rotatable bonds is 6. The summed E-state index contributed by atoms with van der Waals surface area (Å²) in [6.07, 6.45) is 0.376. The fraction of sp³-hybridized carbons (Fsp3) is 0.278. The molecular weight excluding hydrogens is 361 g/mol. The lowest BCUT2D eigenvalue weighted by atomic mass is 10.1. The number of nitrogens with one attached hydrogen (secondary N) is 2. The number of hydrogen-bond donors (Lipinski definition) is 2. The van der Waals surface area contributed by atoms with Gasteiger partial charge in [-0.1, -0.05) is 0 Å². The molecule has 6 nitrogen and oxygen atoms in total. The van der Waals surface area contributed by atoms with E-state index in [1.165, 1.54) is 18.3 Å². The van der Waals surface area contributed by atoms with Crippen LogP contribution in [0.3, 0.4) is 0 Å². The fourth-order valence-electron chi connectivity index (χ4n) is 2.60. The number of aromatic amines is 1. The lowest BCUT2D eigenvalue weighted by molar-refractivity contribution is -0.153. The van der Waals surface area contributed by atoms with Crippen LogP contribution < -0.4 is 10.1 Å². The van der Waals surface area contributed by atoms with Crippen LogP contribution in [0.1, 0.15) is 24.2 Å². The predicted molar refractivity (Wildman–Crippen MR) is 92.1 cm³/mol. The summed E-state index contributed by atoms with van der Waals surface area (Å²) in [6, 6.07) is 6.19. The maximum Gasteiger partial charge on any atom is 0.422 e. The van der Waals surface area contributed by atoms with Crippen molar-refractivity contribution in [3.8, 4) is 5.75 Å². The average molecular weight is 378 g/mol. The molecule has 9 heteroatoms. The standard InChI is InChI=1S/C18H17F3N4O2/c1-11(15-5-4-13(9-23-15)27-10-18(19,20)21)25-16(26)7-12-8-24-17-14(12)3-2-6-22-17/h2-6,8-9,11H,7,10H2,1H3,(H,22,24)(H,25,26). The second-order valence-electron chi connectivity index (χ2n) is 6.00. The number of carbonyl (C=O) groups excluding carboxylic acids is 1. The summed E-state index contributed by atoms with van der Waals surface area (Å²) in [6.45, 7) is 0.368. The van der Waals surface area contributed by atoms with Gasteiger partial charge in [0.05, 0.1) is 24.4 Å². The zero-order valence-electron chi connectivity index (χ0n) is 14.4. The third kappa shape index (κ3) is 4.96. The molecule has 1 amide bonds. The molecule has 0 aliphatic heterocycles. The molecule has 0 saturated carbocycles. The van der Waals surface area contributed by atoms with E-state index in [9.17, 15) is 18.0 Å². The third-order valence-corrected chi connectivity index (χ3v) is 3.87. The normalized spacial score (nSPS) is 12.7. The molecule has 0 saturated heterocycles. The summed E-state index contributed by atoms with van der Waals surface area (Å²) < 4.78 is 41.1. The van der Waals surface area contributed by atoms with Crippen molar-refractivity contribution in [2.24, 2.45) is 0 Å². The number of fused-ring (bicyclic) bond motifs is 1. The molecule has 0 spiro atoms. The van der Waals surface area contributed by atoms with Gasteiger partial charge in [0.25, 0.3) is 0 Å². The van der Waals surface area contributed by atoms with E-state index in [0.717, 1.165) is 10.9 Å². The van der Waals surface area contributed by atoms with Crippen LogP contribution in [0.25, 0.3) is 11.0 Å². The van der Waals surface area contributed by atoms with Gasteiger partial charge in [0, 0.05) is 17.8 Å².